The average Bonchev–Trinajstić information content (AvgIpc) is 3.01. The maximum absolute atomic E-state index is 14.0. The van der Waals surface area contributed by atoms with E-state index in [1.165, 1.54) is 18.8 Å². The van der Waals surface area contributed by atoms with Crippen molar-refractivity contribution in [1.82, 2.24) is 9.47 Å². The van der Waals surface area contributed by atoms with Crippen LogP contribution in [0.2, 0.25) is 0 Å². The van der Waals surface area contributed by atoms with Crippen molar-refractivity contribution in [2.75, 3.05) is 59.0 Å². The smallest absolute Gasteiger partial charge is 0.263 e. The molecular weight excluding hydrogens is 510 g/mol. The molecule has 1 saturated heterocycles. The number of anilines is 1. The lowest BCUT2D eigenvalue weighted by Crippen LogP contribution is -2.49. The van der Waals surface area contributed by atoms with Crippen LogP contribution in [-0.4, -0.2) is 69.5 Å². The number of pyridine rings is 1. The molecule has 0 radical (unpaired) electrons. The number of benzene rings is 3. The molecule has 3 aromatic carbocycles. The van der Waals surface area contributed by atoms with Gasteiger partial charge >= 0.3 is 0 Å². The SMILES string of the molecule is CCOc1ccc(-n2cc(C(=O)N3CCN(c4ccccc4OC)CC3)c3cc(OC)c(OC)cc3c2=O)cc1. The van der Waals surface area contributed by atoms with Gasteiger partial charge in [0.2, 0.25) is 0 Å². The number of ether oxygens (including phenoxy) is 4. The van der Waals surface area contributed by atoms with Crippen LogP contribution in [0.25, 0.3) is 16.5 Å². The van der Waals surface area contributed by atoms with Gasteiger partial charge in [0.15, 0.2) is 11.5 Å². The topological polar surface area (TPSA) is 82.5 Å². The first kappa shape index (κ1) is 26.9. The number of aromatic nitrogens is 1. The molecule has 0 spiro atoms. The van der Waals surface area contributed by atoms with Gasteiger partial charge < -0.3 is 28.7 Å². The van der Waals surface area contributed by atoms with Gasteiger partial charge in [-0.3, -0.25) is 14.2 Å². The third kappa shape index (κ3) is 5.02. The van der Waals surface area contributed by atoms with Gasteiger partial charge in [0, 0.05) is 43.4 Å². The summed E-state index contributed by atoms with van der Waals surface area (Å²) < 4.78 is 23.6. The van der Waals surface area contributed by atoms with Gasteiger partial charge in [-0.2, -0.15) is 0 Å². The standard InChI is InChI=1S/C31H33N3O6/c1-5-40-22-12-10-21(11-13-22)34-20-25(23-18-28(38-3)29(39-4)19-24(23)31(34)36)30(35)33-16-14-32(15-17-33)26-8-6-7-9-27(26)37-2/h6-13,18-20H,5,14-17H2,1-4H3. The molecule has 1 amide bonds. The van der Waals surface area contributed by atoms with Crippen LogP contribution in [0.4, 0.5) is 5.69 Å². The number of amides is 1. The highest BCUT2D eigenvalue weighted by atomic mass is 16.5. The fraction of sp³-hybridized carbons (Fsp3) is 0.290. The van der Waals surface area contributed by atoms with E-state index in [1.54, 1.807) is 37.6 Å². The quantitative estimate of drug-likeness (QED) is 0.326. The monoisotopic (exact) mass is 543 g/mol. The predicted octanol–water partition coefficient (Wildman–Crippen LogP) is 4.38. The predicted molar refractivity (Wildman–Crippen MR) is 155 cm³/mol. The number of nitrogens with zero attached hydrogens (tertiary/aromatic N) is 3. The van der Waals surface area contributed by atoms with Crippen molar-refractivity contribution in [1.29, 1.82) is 0 Å². The summed E-state index contributed by atoms with van der Waals surface area (Å²) in [7, 11) is 4.71. The Morgan fingerprint density at radius 3 is 2.05 bits per heavy atom. The minimum Gasteiger partial charge on any atom is -0.495 e. The van der Waals surface area contributed by atoms with Crippen LogP contribution in [0.3, 0.4) is 0 Å². The molecule has 1 aliphatic heterocycles. The molecule has 0 unspecified atom stereocenters. The van der Waals surface area contributed by atoms with Gasteiger partial charge in [0.1, 0.15) is 11.5 Å². The molecule has 40 heavy (non-hydrogen) atoms. The van der Waals surface area contributed by atoms with Gasteiger partial charge in [-0.25, -0.2) is 0 Å². The summed E-state index contributed by atoms with van der Waals surface area (Å²) >= 11 is 0. The van der Waals surface area contributed by atoms with E-state index in [2.05, 4.69) is 4.90 Å². The molecule has 2 heterocycles. The molecule has 9 nitrogen and oxygen atoms in total. The number of para-hydroxylation sites is 2. The second-order valence-electron chi connectivity index (χ2n) is 9.35. The molecule has 5 rings (SSSR count). The van der Waals surface area contributed by atoms with E-state index in [0.29, 0.717) is 72.1 Å². The number of hydrogen-bond acceptors (Lipinski definition) is 7. The molecule has 0 N–H and O–H groups in total. The highest BCUT2D eigenvalue weighted by Gasteiger charge is 2.27. The third-order valence-corrected chi connectivity index (χ3v) is 7.17. The van der Waals surface area contributed by atoms with Crippen molar-refractivity contribution in [3.8, 4) is 28.7 Å². The fourth-order valence-electron chi connectivity index (χ4n) is 5.11. The molecule has 208 valence electrons. The van der Waals surface area contributed by atoms with Crippen LogP contribution in [0.5, 0.6) is 23.0 Å². The Balaban J connectivity index is 1.54. The van der Waals surface area contributed by atoms with E-state index < -0.39 is 0 Å². The molecule has 0 bridgehead atoms. The van der Waals surface area contributed by atoms with Gasteiger partial charge in [-0.15, -0.1) is 0 Å². The van der Waals surface area contributed by atoms with Crippen LogP contribution in [0.15, 0.2) is 71.7 Å². The normalized spacial score (nSPS) is 13.3. The minimum atomic E-state index is -0.266. The van der Waals surface area contributed by atoms with E-state index >= 15 is 0 Å². The fourth-order valence-corrected chi connectivity index (χ4v) is 5.11. The van der Waals surface area contributed by atoms with Crippen LogP contribution >= 0.6 is 0 Å². The zero-order valence-electron chi connectivity index (χ0n) is 23.2. The molecule has 1 aromatic heterocycles. The first-order valence-corrected chi connectivity index (χ1v) is 13.2. The Hall–Kier alpha value is -4.66. The minimum absolute atomic E-state index is 0.156. The first-order valence-electron chi connectivity index (χ1n) is 13.2. The number of carbonyl (C=O) groups excluding carboxylic acids is 1. The Kier molecular flexibility index (Phi) is 7.82. The van der Waals surface area contributed by atoms with Crippen LogP contribution in [0, 0.1) is 0 Å². The lowest BCUT2D eigenvalue weighted by Gasteiger charge is -2.36. The number of hydrogen-bond donors (Lipinski definition) is 0. The molecule has 1 aliphatic rings. The molecular formula is C31H33N3O6. The summed E-state index contributed by atoms with van der Waals surface area (Å²) in [4.78, 5) is 31.8. The highest BCUT2D eigenvalue weighted by molar-refractivity contribution is 6.07. The summed E-state index contributed by atoms with van der Waals surface area (Å²) in [5.41, 5.74) is 1.77. The molecule has 0 aliphatic carbocycles. The summed E-state index contributed by atoms with van der Waals surface area (Å²) in [6, 6.07) is 18.4. The third-order valence-electron chi connectivity index (χ3n) is 7.17. The van der Waals surface area contributed by atoms with Crippen molar-refractivity contribution in [3.63, 3.8) is 0 Å². The molecule has 4 aromatic rings. The van der Waals surface area contributed by atoms with Crippen molar-refractivity contribution >= 4 is 22.4 Å². The summed E-state index contributed by atoms with van der Waals surface area (Å²) in [6.45, 7) is 4.80. The largest absolute Gasteiger partial charge is 0.495 e. The van der Waals surface area contributed by atoms with Crippen LogP contribution < -0.4 is 29.4 Å². The van der Waals surface area contributed by atoms with Crippen LogP contribution in [0.1, 0.15) is 17.3 Å². The Bertz CT molecular complexity index is 1570. The number of rotatable bonds is 8. The highest BCUT2D eigenvalue weighted by Crippen LogP contribution is 2.34. The Labute approximate surface area is 233 Å². The molecule has 1 fully saturated rings. The zero-order valence-corrected chi connectivity index (χ0v) is 23.2. The van der Waals surface area contributed by atoms with E-state index in [1.807, 2.05) is 48.2 Å². The maximum atomic E-state index is 14.0. The lowest BCUT2D eigenvalue weighted by atomic mass is 10.0. The van der Waals surface area contributed by atoms with E-state index in [0.717, 1.165) is 11.4 Å². The van der Waals surface area contributed by atoms with Crippen molar-refractivity contribution in [3.05, 3.63) is 82.8 Å². The molecule has 9 heteroatoms. The van der Waals surface area contributed by atoms with Gasteiger partial charge in [0.25, 0.3) is 11.5 Å². The molecule has 0 atom stereocenters. The van der Waals surface area contributed by atoms with Crippen LogP contribution in [-0.2, 0) is 0 Å². The first-order chi connectivity index (χ1) is 19.5. The zero-order chi connectivity index (χ0) is 28.2. The number of carbonyl (C=O) groups is 1. The molecule has 0 saturated carbocycles. The van der Waals surface area contributed by atoms with E-state index in [4.69, 9.17) is 18.9 Å². The Morgan fingerprint density at radius 1 is 0.800 bits per heavy atom. The number of methoxy groups -OCH3 is 3. The van der Waals surface area contributed by atoms with Gasteiger partial charge in [-0.1, -0.05) is 12.1 Å². The second kappa shape index (κ2) is 11.6. The second-order valence-corrected chi connectivity index (χ2v) is 9.35. The summed E-state index contributed by atoms with van der Waals surface area (Å²) in [5, 5.41) is 0.882. The number of piperazine rings is 1. The summed E-state index contributed by atoms with van der Waals surface area (Å²) in [5.74, 6) is 2.22. The van der Waals surface area contributed by atoms with Gasteiger partial charge in [0.05, 0.1) is 44.6 Å². The van der Waals surface area contributed by atoms with Crippen molar-refractivity contribution < 1.29 is 23.7 Å². The van der Waals surface area contributed by atoms with E-state index in [9.17, 15) is 9.59 Å². The van der Waals surface area contributed by atoms with Crippen molar-refractivity contribution in [2.45, 2.75) is 6.92 Å². The lowest BCUT2D eigenvalue weighted by molar-refractivity contribution is 0.0748. The van der Waals surface area contributed by atoms with E-state index in [-0.39, 0.29) is 11.5 Å². The summed E-state index contributed by atoms with van der Waals surface area (Å²) in [6.07, 6.45) is 1.63. The Morgan fingerprint density at radius 2 is 1.43 bits per heavy atom. The van der Waals surface area contributed by atoms with Crippen molar-refractivity contribution in [2.24, 2.45) is 0 Å². The number of fused-ring (bicyclic) bond motifs is 1. The average molecular weight is 544 g/mol. The van der Waals surface area contributed by atoms with Gasteiger partial charge in [-0.05, 0) is 55.5 Å². The maximum Gasteiger partial charge on any atom is 0.263 e.